The second-order valence-corrected chi connectivity index (χ2v) is 7.54. The number of carbonyl (C=O) groups excluding carboxylic acids is 1. The van der Waals surface area contributed by atoms with Crippen LogP contribution >= 0.6 is 0 Å². The highest BCUT2D eigenvalue weighted by Crippen LogP contribution is 2.34. The van der Waals surface area contributed by atoms with Crippen LogP contribution < -0.4 is 15.0 Å². The Kier molecular flexibility index (Phi) is 5.73. The maximum atomic E-state index is 13.6. The Labute approximate surface area is 172 Å². The third kappa shape index (κ3) is 4.77. The van der Waals surface area contributed by atoms with Gasteiger partial charge in [0.15, 0.2) is 0 Å². The van der Waals surface area contributed by atoms with E-state index < -0.39 is 30.5 Å². The number of ether oxygens (including phenoxy) is 2. The van der Waals surface area contributed by atoms with E-state index in [4.69, 9.17) is 12.2 Å². The average molecular weight is 411 g/mol. The van der Waals surface area contributed by atoms with Gasteiger partial charge in [-0.25, -0.2) is 9.78 Å². The lowest BCUT2D eigenvalue weighted by atomic mass is 9.92. The summed E-state index contributed by atoms with van der Waals surface area (Å²) in [4.78, 5) is 30.9. The first kappa shape index (κ1) is 18.6. The molecule has 9 heteroatoms. The molecule has 0 bridgehead atoms. The molecule has 1 saturated heterocycles. The Bertz CT molecular complexity index is 828. The summed E-state index contributed by atoms with van der Waals surface area (Å²) in [5.74, 6) is -1.62. The van der Waals surface area contributed by atoms with Gasteiger partial charge >= 0.3 is 5.97 Å². The summed E-state index contributed by atoms with van der Waals surface area (Å²) >= 11 is 0. The fourth-order valence-corrected chi connectivity index (χ4v) is 3.10. The molecule has 1 amide bonds. The zero-order valence-electron chi connectivity index (χ0n) is 18.6. The van der Waals surface area contributed by atoms with Crippen LogP contribution in [0.4, 0.5) is 10.1 Å². The molecule has 2 fully saturated rings. The van der Waals surface area contributed by atoms with Gasteiger partial charge in [-0.15, -0.1) is 0 Å². The highest BCUT2D eigenvalue weighted by Gasteiger charge is 2.39. The van der Waals surface area contributed by atoms with E-state index in [-0.39, 0.29) is 24.1 Å². The van der Waals surface area contributed by atoms with Crippen LogP contribution in [-0.2, 0) is 9.53 Å². The molecule has 0 radical (unpaired) electrons. The zero-order valence-corrected chi connectivity index (χ0v) is 16.6. The Hall–Kier alpha value is -2.42. The Morgan fingerprint density at radius 2 is 2.17 bits per heavy atom. The second-order valence-electron chi connectivity index (χ2n) is 7.54. The molecule has 2 heterocycles. The molecule has 2 N–H and O–H groups in total. The number of aliphatic carboxylic acids is 1. The van der Waals surface area contributed by atoms with Crippen molar-refractivity contribution in [3.8, 4) is 5.88 Å². The van der Waals surface area contributed by atoms with Gasteiger partial charge in [-0.05, 0) is 37.3 Å². The van der Waals surface area contributed by atoms with Crippen LogP contribution in [0.3, 0.4) is 0 Å². The number of carboxylic acids is 1. The van der Waals surface area contributed by atoms with Gasteiger partial charge in [-0.2, -0.15) is 0 Å². The molecule has 8 nitrogen and oxygen atoms in total. The van der Waals surface area contributed by atoms with Gasteiger partial charge in [0.2, 0.25) is 5.88 Å². The van der Waals surface area contributed by atoms with Crippen molar-refractivity contribution < 1.29 is 31.3 Å². The second kappa shape index (κ2) is 8.94. The van der Waals surface area contributed by atoms with Crippen LogP contribution in [-0.4, -0.2) is 67.0 Å². The lowest BCUT2D eigenvalue weighted by Gasteiger charge is -2.40. The van der Waals surface area contributed by atoms with Gasteiger partial charge < -0.3 is 24.8 Å². The van der Waals surface area contributed by atoms with E-state index in [1.165, 1.54) is 13.0 Å². The fourth-order valence-electron chi connectivity index (χ4n) is 3.10. The number of carboxylic acid groups (broad SMARTS) is 1. The van der Waals surface area contributed by atoms with Crippen molar-refractivity contribution in [2.75, 3.05) is 38.3 Å². The molecular formula is C20H28FN3O5. The minimum atomic E-state index is -3.27. The van der Waals surface area contributed by atoms with Gasteiger partial charge in [-0.3, -0.25) is 9.18 Å². The molecule has 3 rings (SSSR count). The molecule has 1 saturated carbocycles. The van der Waals surface area contributed by atoms with Crippen LogP contribution in [0.5, 0.6) is 5.88 Å². The monoisotopic (exact) mass is 411 g/mol. The summed E-state index contributed by atoms with van der Waals surface area (Å²) < 4.78 is 39.1. The minimum Gasteiger partial charge on any atom is -0.480 e. The van der Waals surface area contributed by atoms with Gasteiger partial charge in [0.1, 0.15) is 16.9 Å². The third-order valence-electron chi connectivity index (χ3n) is 5.48. The predicted molar refractivity (Wildman–Crippen MR) is 104 cm³/mol. The molecule has 1 aliphatic carbocycles. The Balaban J connectivity index is 1.82. The molecule has 2 aliphatic rings. The van der Waals surface area contributed by atoms with Crippen molar-refractivity contribution in [1.82, 2.24) is 10.3 Å². The number of carbonyl (C=O) groups is 2. The van der Waals surface area contributed by atoms with E-state index in [1.807, 2.05) is 4.90 Å². The summed E-state index contributed by atoms with van der Waals surface area (Å²) in [6.45, 7) is -0.0351. The Morgan fingerprint density at radius 1 is 1.45 bits per heavy atom. The SMILES string of the molecule is [2H]C([2H])(F)CC(CC)(NC(=O)c1ccc(N2CC(OC)C2)c(OCC2CC2)n1)C(=O)O. The number of halogens is 1. The molecule has 0 spiro atoms. The van der Waals surface area contributed by atoms with Crippen molar-refractivity contribution in [3.05, 3.63) is 17.8 Å². The first-order valence-corrected chi connectivity index (χ1v) is 9.73. The van der Waals surface area contributed by atoms with E-state index >= 15 is 0 Å². The fraction of sp³-hybridized carbons (Fsp3) is 0.650. The average Bonchev–Trinajstić information content (AvgIpc) is 3.48. The Morgan fingerprint density at radius 3 is 2.72 bits per heavy atom. The number of nitrogens with one attached hydrogen (secondary N) is 1. The minimum absolute atomic E-state index is 0.0862. The van der Waals surface area contributed by atoms with E-state index in [1.54, 1.807) is 13.2 Å². The standard InChI is InChI=1S/C20H28FN3O5/c1-3-20(8-9-21,19(26)27)23-17(25)15-6-7-16(24-10-14(11-24)28-2)18(22-15)29-12-13-4-5-13/h6-7,13-14H,3-5,8-12H2,1-2H3,(H,23,25)(H,26,27)/i9D2. The van der Waals surface area contributed by atoms with Gasteiger partial charge in [0, 0.05) is 26.6 Å². The number of rotatable bonds is 11. The number of nitrogens with zero attached hydrogens (tertiary/aromatic N) is 2. The van der Waals surface area contributed by atoms with Crippen molar-refractivity contribution >= 4 is 17.6 Å². The summed E-state index contributed by atoms with van der Waals surface area (Å²) in [5.41, 5.74) is -1.48. The first-order chi connectivity index (χ1) is 14.6. The summed E-state index contributed by atoms with van der Waals surface area (Å²) in [7, 11) is 1.64. The van der Waals surface area contributed by atoms with Crippen molar-refractivity contribution in [2.24, 2.45) is 5.92 Å². The van der Waals surface area contributed by atoms with Crippen LogP contribution in [0.2, 0.25) is 0 Å². The van der Waals surface area contributed by atoms with Crippen molar-refractivity contribution in [3.63, 3.8) is 0 Å². The zero-order chi connectivity index (χ0) is 22.8. The number of pyridine rings is 1. The molecule has 160 valence electrons. The summed E-state index contributed by atoms with van der Waals surface area (Å²) in [6.07, 6.45) is 1.04. The lowest BCUT2D eigenvalue weighted by Crippen LogP contribution is -2.54. The van der Waals surface area contributed by atoms with E-state index in [0.717, 1.165) is 12.8 Å². The number of hydrogen-bond acceptors (Lipinski definition) is 6. The lowest BCUT2D eigenvalue weighted by molar-refractivity contribution is -0.145. The number of aromatic nitrogens is 1. The van der Waals surface area contributed by atoms with Gasteiger partial charge in [0.25, 0.3) is 5.91 Å². The molecule has 29 heavy (non-hydrogen) atoms. The van der Waals surface area contributed by atoms with E-state index in [2.05, 4.69) is 10.3 Å². The van der Waals surface area contributed by atoms with Gasteiger partial charge in [-0.1, -0.05) is 6.92 Å². The molecule has 1 aliphatic heterocycles. The highest BCUT2D eigenvalue weighted by atomic mass is 19.1. The topological polar surface area (TPSA) is 101 Å². The molecule has 1 atom stereocenters. The number of amides is 1. The molecule has 0 aromatic carbocycles. The maximum absolute atomic E-state index is 13.6. The number of anilines is 1. The summed E-state index contributed by atoms with van der Waals surface area (Å²) in [5, 5.41) is 11.9. The number of hydrogen-bond donors (Lipinski definition) is 2. The number of methoxy groups -OCH3 is 1. The molecular weight excluding hydrogens is 381 g/mol. The molecule has 1 aromatic rings. The molecule has 1 aromatic heterocycles. The third-order valence-corrected chi connectivity index (χ3v) is 5.48. The van der Waals surface area contributed by atoms with Crippen molar-refractivity contribution in [2.45, 2.75) is 44.2 Å². The highest BCUT2D eigenvalue weighted by molar-refractivity contribution is 5.96. The van der Waals surface area contributed by atoms with E-state index in [0.29, 0.717) is 31.3 Å². The maximum Gasteiger partial charge on any atom is 0.329 e. The van der Waals surface area contributed by atoms with Crippen LogP contribution in [0.1, 0.15) is 45.8 Å². The van der Waals surface area contributed by atoms with Gasteiger partial charge in [0.05, 0.1) is 22.1 Å². The smallest absolute Gasteiger partial charge is 0.329 e. The first-order valence-electron chi connectivity index (χ1n) is 10.7. The number of alkyl halides is 1. The predicted octanol–water partition coefficient (Wildman–Crippen LogP) is 2.03. The van der Waals surface area contributed by atoms with E-state index in [9.17, 15) is 19.1 Å². The molecule has 1 unspecified atom stereocenters. The summed E-state index contributed by atoms with van der Waals surface area (Å²) in [6, 6.07) is 3.12. The van der Waals surface area contributed by atoms with Crippen LogP contribution in [0.25, 0.3) is 0 Å². The largest absolute Gasteiger partial charge is 0.480 e. The quantitative estimate of drug-likeness (QED) is 0.575. The van der Waals surface area contributed by atoms with Crippen LogP contribution in [0, 0.1) is 5.92 Å². The normalized spacial score (nSPS) is 20.2. The van der Waals surface area contributed by atoms with Crippen molar-refractivity contribution in [1.29, 1.82) is 0 Å². The van der Waals surface area contributed by atoms with Crippen LogP contribution in [0.15, 0.2) is 12.1 Å².